The molecule has 9 nitrogen and oxygen atoms in total. The van der Waals surface area contributed by atoms with Crippen LogP contribution in [-0.2, 0) is 4.74 Å². The average Bonchev–Trinajstić information content (AvgIpc) is 3.07. The van der Waals surface area contributed by atoms with Crippen LogP contribution in [0.5, 0.6) is 0 Å². The molecule has 40 heavy (non-hydrogen) atoms. The second-order valence-corrected chi connectivity index (χ2v) is 11.8. The molecule has 2 N–H and O–H groups in total. The summed E-state index contributed by atoms with van der Waals surface area (Å²) in [5.41, 5.74) is 3.00. The first-order chi connectivity index (χ1) is 18.8. The fraction of sp³-hybridized carbons (Fsp3) is 0.379. The molecule has 1 atom stereocenters. The van der Waals surface area contributed by atoms with E-state index in [4.69, 9.17) is 16.3 Å². The highest BCUT2D eigenvalue weighted by Crippen LogP contribution is 2.28. The standard InChI is InChI=1S/C29H36ClN5O4S/c1-8-19(4)25(18(2)3)23-15-24(30)32-27(31-23)33-40-22-11-9-10-20(14-22)26(37)34-12-13-35(17-21(36)16-34)28(38)39-29(5,6)7/h8-11,14-15,21,36H,1-2,12-13,16-17H2,3-7H3,(H,31,32,33)/b25-19+. The molecule has 0 bridgehead atoms. The zero-order valence-electron chi connectivity index (χ0n) is 23.5. The highest BCUT2D eigenvalue weighted by atomic mass is 35.5. The molecule has 2 heterocycles. The van der Waals surface area contributed by atoms with E-state index in [9.17, 15) is 14.7 Å². The first-order valence-electron chi connectivity index (χ1n) is 12.8. The summed E-state index contributed by atoms with van der Waals surface area (Å²) in [5.74, 6) is 0.0580. The minimum absolute atomic E-state index is 0.0920. The lowest BCUT2D eigenvalue weighted by Crippen LogP contribution is -2.41. The van der Waals surface area contributed by atoms with Gasteiger partial charge in [0.25, 0.3) is 5.91 Å². The number of carbonyl (C=O) groups is 2. The molecule has 1 aliphatic heterocycles. The number of nitrogens with one attached hydrogen (secondary N) is 1. The summed E-state index contributed by atoms with van der Waals surface area (Å²) in [6.45, 7) is 17.8. The Kier molecular flexibility index (Phi) is 10.4. The third-order valence-electron chi connectivity index (χ3n) is 5.86. The van der Waals surface area contributed by atoms with Crippen LogP contribution in [0.25, 0.3) is 5.57 Å². The molecular weight excluding hydrogens is 550 g/mol. The van der Waals surface area contributed by atoms with E-state index >= 15 is 0 Å². The molecule has 0 radical (unpaired) electrons. The van der Waals surface area contributed by atoms with E-state index in [0.29, 0.717) is 17.2 Å². The fourth-order valence-electron chi connectivity index (χ4n) is 4.10. The van der Waals surface area contributed by atoms with Crippen LogP contribution in [0.3, 0.4) is 0 Å². The van der Waals surface area contributed by atoms with Crippen molar-refractivity contribution in [2.24, 2.45) is 0 Å². The molecular formula is C29H36ClN5O4S. The van der Waals surface area contributed by atoms with E-state index in [1.165, 1.54) is 16.8 Å². The van der Waals surface area contributed by atoms with E-state index in [-0.39, 0.29) is 37.2 Å². The largest absolute Gasteiger partial charge is 0.444 e. The van der Waals surface area contributed by atoms with Crippen LogP contribution >= 0.6 is 23.5 Å². The van der Waals surface area contributed by atoms with Gasteiger partial charge in [-0.3, -0.25) is 9.52 Å². The first kappa shape index (κ1) is 31.2. The van der Waals surface area contributed by atoms with Crippen LogP contribution in [0.15, 0.2) is 65.6 Å². The van der Waals surface area contributed by atoms with E-state index in [1.807, 2.05) is 19.9 Å². The minimum atomic E-state index is -0.893. The number of ether oxygens (including phenoxy) is 1. The molecule has 0 spiro atoms. The van der Waals surface area contributed by atoms with Crippen molar-refractivity contribution in [3.05, 3.63) is 77.1 Å². The number of hydrogen-bond donors (Lipinski definition) is 2. The van der Waals surface area contributed by atoms with E-state index < -0.39 is 17.8 Å². The van der Waals surface area contributed by atoms with E-state index in [1.54, 1.807) is 56.0 Å². The van der Waals surface area contributed by atoms with Gasteiger partial charge in [-0.25, -0.2) is 14.8 Å². The normalized spacial score (nSPS) is 16.5. The van der Waals surface area contributed by atoms with Crippen molar-refractivity contribution >= 4 is 47.1 Å². The number of anilines is 1. The number of nitrogens with zero attached hydrogens (tertiary/aromatic N) is 4. The van der Waals surface area contributed by atoms with Crippen molar-refractivity contribution < 1.29 is 19.4 Å². The quantitative estimate of drug-likeness (QED) is 0.237. The number of hydrogen-bond acceptors (Lipinski definition) is 8. The zero-order valence-corrected chi connectivity index (χ0v) is 25.1. The number of halogens is 1. The van der Waals surface area contributed by atoms with Gasteiger partial charge in [-0.15, -0.1) is 0 Å². The number of amides is 2. The molecule has 1 saturated heterocycles. The maximum absolute atomic E-state index is 13.3. The van der Waals surface area contributed by atoms with Crippen molar-refractivity contribution in [1.82, 2.24) is 19.8 Å². The molecule has 2 amide bonds. The van der Waals surface area contributed by atoms with Crippen molar-refractivity contribution in [2.75, 3.05) is 30.9 Å². The van der Waals surface area contributed by atoms with Crippen LogP contribution in [0, 0.1) is 0 Å². The molecule has 3 rings (SSSR count). The highest BCUT2D eigenvalue weighted by Gasteiger charge is 2.30. The molecule has 0 saturated carbocycles. The third kappa shape index (κ3) is 8.58. The molecule has 1 unspecified atom stereocenters. The fourth-order valence-corrected chi connectivity index (χ4v) is 4.91. The van der Waals surface area contributed by atoms with Crippen LogP contribution in [0.4, 0.5) is 10.7 Å². The van der Waals surface area contributed by atoms with Crippen molar-refractivity contribution in [3.8, 4) is 0 Å². The summed E-state index contributed by atoms with van der Waals surface area (Å²) >= 11 is 7.52. The lowest BCUT2D eigenvalue weighted by atomic mass is 10.00. The number of β-amino-alcohol motifs (C(OH)–C–C–N with tert-alkyl or cyclic N) is 1. The summed E-state index contributed by atoms with van der Waals surface area (Å²) in [6.07, 6.45) is 0.334. The second kappa shape index (κ2) is 13.3. The van der Waals surface area contributed by atoms with Gasteiger partial charge < -0.3 is 19.6 Å². The number of benzene rings is 1. The molecule has 2 aromatic rings. The van der Waals surface area contributed by atoms with Crippen LogP contribution in [0.1, 0.15) is 50.7 Å². The number of allylic oxidation sites excluding steroid dienone is 4. The maximum Gasteiger partial charge on any atom is 0.410 e. The number of carbonyl (C=O) groups excluding carboxylic acids is 2. The zero-order chi connectivity index (χ0) is 29.6. The molecule has 1 fully saturated rings. The van der Waals surface area contributed by atoms with Crippen LogP contribution in [-0.4, -0.2) is 74.8 Å². The van der Waals surface area contributed by atoms with Gasteiger partial charge in [-0.2, -0.15) is 0 Å². The van der Waals surface area contributed by atoms with Crippen LogP contribution in [0.2, 0.25) is 5.15 Å². The second-order valence-electron chi connectivity index (χ2n) is 10.5. The Morgan fingerprint density at radius 2 is 1.85 bits per heavy atom. The van der Waals surface area contributed by atoms with E-state index in [2.05, 4.69) is 27.8 Å². The van der Waals surface area contributed by atoms with Crippen molar-refractivity contribution in [2.45, 2.75) is 51.2 Å². The molecule has 1 aromatic carbocycles. The molecule has 1 aliphatic rings. The first-order valence-corrected chi connectivity index (χ1v) is 14.0. The number of aliphatic hydroxyl groups excluding tert-OH is 1. The van der Waals surface area contributed by atoms with Gasteiger partial charge in [0.05, 0.1) is 18.3 Å². The summed E-state index contributed by atoms with van der Waals surface area (Å²) < 4.78 is 8.53. The third-order valence-corrected chi connectivity index (χ3v) is 6.83. The summed E-state index contributed by atoms with van der Waals surface area (Å²) in [7, 11) is 0. The SMILES string of the molecule is C=C/C(C)=C(\C(=C)C)c1cc(Cl)nc(NSc2cccc(C(=O)N3CCN(C(=O)OC(C)(C)C)CC(O)C3)c2)n1. The van der Waals surface area contributed by atoms with Gasteiger partial charge in [0.15, 0.2) is 0 Å². The number of aromatic nitrogens is 2. The average molecular weight is 586 g/mol. The molecule has 11 heteroatoms. The van der Waals surface area contributed by atoms with Gasteiger partial charge >= 0.3 is 6.09 Å². The smallest absolute Gasteiger partial charge is 0.410 e. The molecule has 0 aliphatic carbocycles. The number of rotatable bonds is 7. The van der Waals surface area contributed by atoms with Crippen molar-refractivity contribution in [1.29, 1.82) is 0 Å². The van der Waals surface area contributed by atoms with Crippen LogP contribution < -0.4 is 4.72 Å². The molecule has 1 aromatic heterocycles. The molecule has 214 valence electrons. The Hall–Kier alpha value is -3.34. The minimum Gasteiger partial charge on any atom is -0.444 e. The lowest BCUT2D eigenvalue weighted by Gasteiger charge is -2.26. The highest BCUT2D eigenvalue weighted by molar-refractivity contribution is 8.00. The Morgan fingerprint density at radius 1 is 1.18 bits per heavy atom. The predicted octanol–water partition coefficient (Wildman–Crippen LogP) is 5.84. The predicted molar refractivity (Wildman–Crippen MR) is 160 cm³/mol. The maximum atomic E-state index is 13.3. The Morgan fingerprint density at radius 3 is 2.50 bits per heavy atom. The Balaban J connectivity index is 1.72. The van der Waals surface area contributed by atoms with Crippen molar-refractivity contribution in [3.63, 3.8) is 0 Å². The lowest BCUT2D eigenvalue weighted by molar-refractivity contribution is 0.0186. The summed E-state index contributed by atoms with van der Waals surface area (Å²) in [6, 6.07) is 8.76. The Bertz CT molecular complexity index is 1320. The topological polar surface area (TPSA) is 108 Å². The monoisotopic (exact) mass is 585 g/mol. The van der Waals surface area contributed by atoms with E-state index in [0.717, 1.165) is 21.6 Å². The van der Waals surface area contributed by atoms with Gasteiger partial charge in [-0.05, 0) is 75.9 Å². The summed E-state index contributed by atoms with van der Waals surface area (Å²) in [5, 5.41) is 10.8. The number of aliphatic hydroxyl groups is 1. The van der Waals surface area contributed by atoms with Gasteiger partial charge in [-0.1, -0.05) is 36.9 Å². The van der Waals surface area contributed by atoms with Gasteiger partial charge in [0.1, 0.15) is 10.8 Å². The Labute approximate surface area is 245 Å². The van der Waals surface area contributed by atoms with Gasteiger partial charge in [0, 0.05) is 41.7 Å². The summed E-state index contributed by atoms with van der Waals surface area (Å²) in [4.78, 5) is 38.4. The van der Waals surface area contributed by atoms with Gasteiger partial charge in [0.2, 0.25) is 5.95 Å².